The van der Waals surface area contributed by atoms with Crippen molar-refractivity contribution in [3.05, 3.63) is 29.8 Å². The topological polar surface area (TPSA) is 71.4 Å². The largest absolute Gasteiger partial charge is 0.481 e. The molecule has 2 unspecified atom stereocenters. The van der Waals surface area contributed by atoms with Crippen LogP contribution in [0.5, 0.6) is 0 Å². The van der Waals surface area contributed by atoms with Crippen LogP contribution in [-0.4, -0.2) is 25.7 Å². The summed E-state index contributed by atoms with van der Waals surface area (Å²) in [4.78, 5) is 12.1. The monoisotopic (exact) mass is 308 g/mol. The first-order valence-electron chi connectivity index (χ1n) is 7.40. The number of sulfone groups is 1. The van der Waals surface area contributed by atoms with Gasteiger partial charge < -0.3 is 5.11 Å². The fourth-order valence-corrected chi connectivity index (χ4v) is 4.55. The van der Waals surface area contributed by atoms with Gasteiger partial charge in [-0.05, 0) is 36.0 Å². The first-order chi connectivity index (χ1) is 9.85. The molecule has 2 aliphatic rings. The maximum atomic E-state index is 11.8. The minimum absolute atomic E-state index is 0.210. The zero-order valence-corrected chi connectivity index (χ0v) is 12.9. The summed E-state index contributed by atoms with van der Waals surface area (Å²) >= 11 is 0. The number of rotatable bonds is 4. The zero-order valence-electron chi connectivity index (χ0n) is 12.1. The second kappa shape index (κ2) is 4.83. The molecule has 0 radical (unpaired) electrons. The molecule has 0 amide bonds. The molecule has 5 heteroatoms. The van der Waals surface area contributed by atoms with Crippen molar-refractivity contribution in [1.82, 2.24) is 0 Å². The molecule has 1 aromatic carbocycles. The van der Waals surface area contributed by atoms with Crippen LogP contribution in [0.1, 0.15) is 37.7 Å². The molecule has 0 heterocycles. The lowest BCUT2D eigenvalue weighted by molar-refractivity contribution is -0.140. The summed E-state index contributed by atoms with van der Waals surface area (Å²) in [6.45, 7) is 0. The SMILES string of the molecule is CS(=O)(=O)c1ccc(C2(C(=O)O)CC2C2CCCC2)cc1. The van der Waals surface area contributed by atoms with Crippen molar-refractivity contribution in [2.75, 3.05) is 6.26 Å². The maximum absolute atomic E-state index is 11.8. The summed E-state index contributed by atoms with van der Waals surface area (Å²) in [5.41, 5.74) is -0.0373. The quantitative estimate of drug-likeness (QED) is 0.928. The van der Waals surface area contributed by atoms with Gasteiger partial charge in [0.05, 0.1) is 10.3 Å². The highest BCUT2D eigenvalue weighted by atomic mass is 32.2. The average molecular weight is 308 g/mol. The third kappa shape index (κ3) is 2.37. The zero-order chi connectivity index (χ0) is 15.3. The van der Waals surface area contributed by atoms with Gasteiger partial charge in [-0.25, -0.2) is 8.42 Å². The molecule has 4 nitrogen and oxygen atoms in total. The molecule has 0 saturated heterocycles. The van der Waals surface area contributed by atoms with Crippen LogP contribution in [0.25, 0.3) is 0 Å². The Labute approximate surface area is 125 Å². The molecule has 0 spiro atoms. The number of carboxylic acid groups (broad SMARTS) is 1. The van der Waals surface area contributed by atoms with E-state index in [1.807, 2.05) is 0 Å². The third-order valence-electron chi connectivity index (χ3n) is 5.16. The van der Waals surface area contributed by atoms with Gasteiger partial charge in [0.1, 0.15) is 0 Å². The van der Waals surface area contributed by atoms with E-state index in [-0.39, 0.29) is 10.8 Å². The summed E-state index contributed by atoms with van der Waals surface area (Å²) in [6.07, 6.45) is 6.49. The van der Waals surface area contributed by atoms with Crippen LogP contribution in [0.3, 0.4) is 0 Å². The first-order valence-corrected chi connectivity index (χ1v) is 9.29. The standard InChI is InChI=1S/C16H20O4S/c1-21(19,20)13-8-6-12(7-9-13)16(15(17)18)10-14(16)11-4-2-3-5-11/h6-9,11,14H,2-5,10H2,1H3,(H,17,18). The van der Waals surface area contributed by atoms with E-state index in [9.17, 15) is 18.3 Å². The number of aliphatic carboxylic acids is 1. The van der Waals surface area contributed by atoms with E-state index in [1.165, 1.54) is 25.0 Å². The van der Waals surface area contributed by atoms with Gasteiger partial charge in [0.2, 0.25) is 0 Å². The lowest BCUT2D eigenvalue weighted by Crippen LogP contribution is -2.24. The minimum atomic E-state index is -3.24. The van der Waals surface area contributed by atoms with Gasteiger partial charge in [0.25, 0.3) is 0 Å². The van der Waals surface area contributed by atoms with E-state index in [1.54, 1.807) is 12.1 Å². The second-order valence-corrected chi connectivity index (χ2v) is 8.44. The molecule has 0 bridgehead atoms. The molecule has 2 fully saturated rings. The van der Waals surface area contributed by atoms with Crippen molar-refractivity contribution in [2.45, 2.75) is 42.4 Å². The Morgan fingerprint density at radius 2 is 1.76 bits per heavy atom. The van der Waals surface area contributed by atoms with Gasteiger partial charge >= 0.3 is 5.97 Å². The Balaban J connectivity index is 1.91. The van der Waals surface area contributed by atoms with Crippen molar-refractivity contribution in [3.63, 3.8) is 0 Å². The van der Waals surface area contributed by atoms with Crippen LogP contribution in [0.15, 0.2) is 29.2 Å². The van der Waals surface area contributed by atoms with Gasteiger partial charge in [-0.2, -0.15) is 0 Å². The summed E-state index contributed by atoms with van der Waals surface area (Å²) in [6, 6.07) is 6.41. The first kappa shape index (κ1) is 14.6. The van der Waals surface area contributed by atoms with Gasteiger partial charge in [0.15, 0.2) is 9.84 Å². The van der Waals surface area contributed by atoms with Crippen LogP contribution in [0.2, 0.25) is 0 Å². The van der Waals surface area contributed by atoms with E-state index in [0.29, 0.717) is 12.3 Å². The predicted octanol–water partition coefficient (Wildman–Crippen LogP) is 2.62. The highest BCUT2D eigenvalue weighted by molar-refractivity contribution is 7.90. The summed E-state index contributed by atoms with van der Waals surface area (Å²) in [7, 11) is -3.24. The van der Waals surface area contributed by atoms with E-state index in [4.69, 9.17) is 0 Å². The van der Waals surface area contributed by atoms with Crippen LogP contribution in [0.4, 0.5) is 0 Å². The molecule has 0 aromatic heterocycles. The predicted molar refractivity (Wildman–Crippen MR) is 78.9 cm³/mol. The molecule has 2 aliphatic carbocycles. The molecule has 21 heavy (non-hydrogen) atoms. The molecular formula is C16H20O4S. The van der Waals surface area contributed by atoms with Crippen LogP contribution < -0.4 is 0 Å². The molecule has 3 rings (SSSR count). The van der Waals surface area contributed by atoms with Crippen LogP contribution >= 0.6 is 0 Å². The fourth-order valence-electron chi connectivity index (χ4n) is 3.92. The summed E-state index contributed by atoms with van der Waals surface area (Å²) < 4.78 is 23.0. The van der Waals surface area contributed by atoms with E-state index in [2.05, 4.69) is 0 Å². The number of hydrogen-bond acceptors (Lipinski definition) is 3. The number of benzene rings is 1. The average Bonchev–Trinajstić information content (AvgIpc) is 2.96. The van der Waals surface area contributed by atoms with Gasteiger partial charge in [0, 0.05) is 6.26 Å². The van der Waals surface area contributed by atoms with Crippen LogP contribution in [0, 0.1) is 11.8 Å². The maximum Gasteiger partial charge on any atom is 0.314 e. The summed E-state index contributed by atoms with van der Waals surface area (Å²) in [5.74, 6) is -0.0521. The Hall–Kier alpha value is -1.36. The second-order valence-electron chi connectivity index (χ2n) is 6.43. The number of carboxylic acids is 1. The molecule has 114 valence electrons. The molecule has 1 aromatic rings. The molecular weight excluding hydrogens is 288 g/mol. The highest BCUT2D eigenvalue weighted by Crippen LogP contribution is 2.61. The van der Waals surface area contributed by atoms with Crippen molar-refractivity contribution >= 4 is 15.8 Å². The minimum Gasteiger partial charge on any atom is -0.481 e. The third-order valence-corrected chi connectivity index (χ3v) is 6.29. The van der Waals surface area contributed by atoms with Crippen molar-refractivity contribution in [1.29, 1.82) is 0 Å². The molecule has 2 atom stereocenters. The van der Waals surface area contributed by atoms with Gasteiger partial charge in [-0.1, -0.05) is 37.8 Å². The molecule has 0 aliphatic heterocycles. The molecule has 2 saturated carbocycles. The lowest BCUT2D eigenvalue weighted by atomic mass is 9.87. The smallest absolute Gasteiger partial charge is 0.314 e. The van der Waals surface area contributed by atoms with Crippen LogP contribution in [-0.2, 0) is 20.0 Å². The Morgan fingerprint density at radius 1 is 1.19 bits per heavy atom. The summed E-state index contributed by atoms with van der Waals surface area (Å²) in [5, 5.41) is 9.70. The normalized spacial score (nSPS) is 29.5. The van der Waals surface area contributed by atoms with E-state index < -0.39 is 21.2 Å². The van der Waals surface area contributed by atoms with Crippen molar-refractivity contribution in [2.24, 2.45) is 11.8 Å². The Kier molecular flexibility index (Phi) is 3.35. The highest BCUT2D eigenvalue weighted by Gasteiger charge is 2.63. The van der Waals surface area contributed by atoms with Crippen molar-refractivity contribution < 1.29 is 18.3 Å². The van der Waals surface area contributed by atoms with Gasteiger partial charge in [-0.3, -0.25) is 4.79 Å². The lowest BCUT2D eigenvalue weighted by Gasteiger charge is -2.17. The Morgan fingerprint density at radius 3 is 2.24 bits per heavy atom. The molecule has 1 N–H and O–H groups in total. The van der Waals surface area contributed by atoms with Crippen molar-refractivity contribution in [3.8, 4) is 0 Å². The Bertz CT molecular complexity index is 656. The fraction of sp³-hybridized carbons (Fsp3) is 0.562. The van der Waals surface area contributed by atoms with Gasteiger partial charge in [-0.15, -0.1) is 0 Å². The van der Waals surface area contributed by atoms with E-state index >= 15 is 0 Å². The van der Waals surface area contributed by atoms with E-state index in [0.717, 1.165) is 24.7 Å². The number of hydrogen-bond donors (Lipinski definition) is 1. The number of carbonyl (C=O) groups is 1.